The average Bonchev–Trinajstić information content (AvgIpc) is 2.64. The van der Waals surface area contributed by atoms with Crippen LogP contribution in [0.4, 0.5) is 0 Å². The van der Waals surface area contributed by atoms with Gasteiger partial charge in [0.2, 0.25) is 11.8 Å². The first-order valence-corrected chi connectivity index (χ1v) is 7.73. The van der Waals surface area contributed by atoms with Crippen LogP contribution >= 0.6 is 0 Å². The van der Waals surface area contributed by atoms with E-state index >= 15 is 0 Å². The van der Waals surface area contributed by atoms with Gasteiger partial charge in [-0.2, -0.15) is 0 Å². The summed E-state index contributed by atoms with van der Waals surface area (Å²) in [5.74, 6) is -0.209. The molecule has 2 aliphatic heterocycles. The maximum atomic E-state index is 11.9. The highest BCUT2D eigenvalue weighted by Gasteiger charge is 2.22. The van der Waals surface area contributed by atoms with Gasteiger partial charge in [0.25, 0.3) is 0 Å². The third-order valence-corrected chi connectivity index (χ3v) is 3.87. The van der Waals surface area contributed by atoms with E-state index in [1.807, 2.05) is 0 Å². The molecule has 2 rings (SSSR count). The number of likely N-dealkylation sites (N-methyl/N-ethyl adjacent to an activating group) is 1. The fourth-order valence-electron chi connectivity index (χ4n) is 2.66. The molecule has 2 saturated heterocycles. The van der Waals surface area contributed by atoms with Gasteiger partial charge >= 0.3 is 0 Å². The molecule has 21 heavy (non-hydrogen) atoms. The summed E-state index contributed by atoms with van der Waals surface area (Å²) < 4.78 is 5.61. The number of carbonyl (C=O) groups is 2. The molecule has 2 atom stereocenters. The zero-order valence-electron chi connectivity index (χ0n) is 12.7. The number of nitrogens with zero attached hydrogens (tertiary/aromatic N) is 1. The molecule has 0 aromatic heterocycles. The number of carbonyl (C=O) groups excluding carboxylic acids is 2. The molecular formula is C14H26N4O3. The zero-order chi connectivity index (χ0) is 15.1. The molecule has 3 N–H and O–H groups in total. The predicted molar refractivity (Wildman–Crippen MR) is 78.9 cm³/mol. The lowest BCUT2D eigenvalue weighted by Crippen LogP contribution is -2.50. The van der Waals surface area contributed by atoms with Crippen LogP contribution in [0.2, 0.25) is 0 Å². The first-order valence-electron chi connectivity index (χ1n) is 7.73. The summed E-state index contributed by atoms with van der Waals surface area (Å²) in [6, 6.07) is -0.390. The lowest BCUT2D eigenvalue weighted by atomic mass is 10.1. The molecule has 0 aromatic carbocycles. The summed E-state index contributed by atoms with van der Waals surface area (Å²) in [6.45, 7) is 4.13. The molecule has 2 fully saturated rings. The molecule has 0 aromatic rings. The smallest absolute Gasteiger partial charge is 0.242 e. The van der Waals surface area contributed by atoms with Crippen molar-refractivity contribution >= 4 is 11.8 Å². The Hall–Kier alpha value is -1.18. The van der Waals surface area contributed by atoms with E-state index in [2.05, 4.69) is 27.9 Å². The van der Waals surface area contributed by atoms with Gasteiger partial charge in [-0.1, -0.05) is 0 Å². The van der Waals surface area contributed by atoms with Crippen molar-refractivity contribution in [2.75, 3.05) is 46.4 Å². The fourth-order valence-corrected chi connectivity index (χ4v) is 2.66. The highest BCUT2D eigenvalue weighted by Crippen LogP contribution is 2.05. The molecule has 7 heteroatoms. The molecule has 2 aliphatic rings. The van der Waals surface area contributed by atoms with Crippen LogP contribution in [0.15, 0.2) is 0 Å². The largest absolute Gasteiger partial charge is 0.374 e. The molecule has 0 spiro atoms. The molecule has 7 nitrogen and oxygen atoms in total. The number of rotatable bonds is 5. The fraction of sp³-hybridized carbons (Fsp3) is 0.857. The van der Waals surface area contributed by atoms with Crippen LogP contribution in [0.25, 0.3) is 0 Å². The number of amides is 2. The molecule has 0 aliphatic carbocycles. The summed E-state index contributed by atoms with van der Waals surface area (Å²) in [5, 5.41) is 8.70. The number of nitrogens with one attached hydrogen (secondary N) is 3. The van der Waals surface area contributed by atoms with Crippen molar-refractivity contribution in [3.63, 3.8) is 0 Å². The standard InChI is InChI=1S/C14H26N4O3/c1-18-6-7-21-11(10-18)8-15-9-13(19)17-12-4-2-3-5-16-14(12)20/h11-12,15H,2-10H2,1H3,(H,16,20)(H,17,19)/t11-,12-/m0/s1. The highest BCUT2D eigenvalue weighted by molar-refractivity contribution is 5.88. The first-order chi connectivity index (χ1) is 10.1. The number of ether oxygens (including phenoxy) is 1. The molecular weight excluding hydrogens is 272 g/mol. The van der Waals surface area contributed by atoms with Crippen molar-refractivity contribution in [2.24, 2.45) is 0 Å². The Bertz CT molecular complexity index is 364. The van der Waals surface area contributed by atoms with E-state index in [0.717, 1.165) is 32.5 Å². The average molecular weight is 298 g/mol. The molecule has 0 saturated carbocycles. The monoisotopic (exact) mass is 298 g/mol. The van der Waals surface area contributed by atoms with Crippen molar-refractivity contribution in [2.45, 2.75) is 31.4 Å². The Morgan fingerprint density at radius 2 is 2.33 bits per heavy atom. The van der Waals surface area contributed by atoms with Gasteiger partial charge in [0.15, 0.2) is 0 Å². The van der Waals surface area contributed by atoms with E-state index < -0.39 is 0 Å². The molecule has 0 unspecified atom stereocenters. The van der Waals surface area contributed by atoms with E-state index in [1.165, 1.54) is 0 Å². The van der Waals surface area contributed by atoms with E-state index in [1.54, 1.807) is 0 Å². The molecule has 2 amide bonds. The number of hydrogen-bond acceptors (Lipinski definition) is 5. The minimum atomic E-state index is -0.390. The second-order valence-electron chi connectivity index (χ2n) is 5.79. The third-order valence-electron chi connectivity index (χ3n) is 3.87. The maximum Gasteiger partial charge on any atom is 0.242 e. The first kappa shape index (κ1) is 16.2. The predicted octanol–water partition coefficient (Wildman–Crippen LogP) is -1.31. The van der Waals surface area contributed by atoms with Gasteiger partial charge in [-0.3, -0.25) is 9.59 Å². The quantitative estimate of drug-likeness (QED) is 0.587. The molecule has 2 heterocycles. The molecule has 0 radical (unpaired) electrons. The van der Waals surface area contributed by atoms with Crippen LogP contribution in [0, 0.1) is 0 Å². The Kier molecular flexibility index (Phi) is 6.41. The van der Waals surface area contributed by atoms with Crippen molar-refractivity contribution in [1.82, 2.24) is 20.9 Å². The van der Waals surface area contributed by atoms with Crippen LogP contribution in [0.5, 0.6) is 0 Å². The van der Waals surface area contributed by atoms with E-state index in [0.29, 0.717) is 19.5 Å². The van der Waals surface area contributed by atoms with Crippen LogP contribution in [0.1, 0.15) is 19.3 Å². The van der Waals surface area contributed by atoms with Gasteiger partial charge in [0, 0.05) is 26.2 Å². The van der Waals surface area contributed by atoms with Gasteiger partial charge < -0.3 is 25.6 Å². The van der Waals surface area contributed by atoms with Gasteiger partial charge in [-0.05, 0) is 26.3 Å². The minimum absolute atomic E-state index is 0.0712. The van der Waals surface area contributed by atoms with Crippen molar-refractivity contribution < 1.29 is 14.3 Å². The maximum absolute atomic E-state index is 11.9. The second kappa shape index (κ2) is 8.31. The number of morpholine rings is 1. The topological polar surface area (TPSA) is 82.7 Å². The van der Waals surface area contributed by atoms with Crippen molar-refractivity contribution in [3.05, 3.63) is 0 Å². The van der Waals surface area contributed by atoms with Crippen LogP contribution in [-0.4, -0.2) is 75.2 Å². The minimum Gasteiger partial charge on any atom is -0.374 e. The number of hydrogen-bond donors (Lipinski definition) is 3. The molecule has 120 valence electrons. The summed E-state index contributed by atoms with van der Waals surface area (Å²) in [4.78, 5) is 25.8. The van der Waals surface area contributed by atoms with Crippen LogP contribution in [-0.2, 0) is 14.3 Å². The second-order valence-corrected chi connectivity index (χ2v) is 5.79. The van der Waals surface area contributed by atoms with Gasteiger partial charge in [0.05, 0.1) is 19.3 Å². The highest BCUT2D eigenvalue weighted by atomic mass is 16.5. The van der Waals surface area contributed by atoms with E-state index in [4.69, 9.17) is 4.74 Å². The molecule has 0 bridgehead atoms. The SMILES string of the molecule is CN1CCO[C@@H](CNCC(=O)N[C@H]2CCCCNC2=O)C1. The van der Waals surface area contributed by atoms with E-state index in [9.17, 15) is 9.59 Å². The van der Waals surface area contributed by atoms with Gasteiger partial charge in [-0.25, -0.2) is 0 Å². The summed E-state index contributed by atoms with van der Waals surface area (Å²) in [7, 11) is 2.06. The Balaban J connectivity index is 1.63. The Morgan fingerprint density at radius 3 is 3.14 bits per heavy atom. The summed E-state index contributed by atoms with van der Waals surface area (Å²) in [5.41, 5.74) is 0. The van der Waals surface area contributed by atoms with Crippen molar-refractivity contribution in [3.8, 4) is 0 Å². The van der Waals surface area contributed by atoms with Crippen LogP contribution < -0.4 is 16.0 Å². The van der Waals surface area contributed by atoms with Crippen molar-refractivity contribution in [1.29, 1.82) is 0 Å². The Morgan fingerprint density at radius 1 is 1.48 bits per heavy atom. The lowest BCUT2D eigenvalue weighted by molar-refractivity contribution is -0.128. The summed E-state index contributed by atoms with van der Waals surface area (Å²) in [6.07, 6.45) is 2.77. The van der Waals surface area contributed by atoms with Crippen LogP contribution in [0.3, 0.4) is 0 Å². The summed E-state index contributed by atoms with van der Waals surface area (Å²) >= 11 is 0. The zero-order valence-corrected chi connectivity index (χ0v) is 12.7. The lowest BCUT2D eigenvalue weighted by Gasteiger charge is -2.30. The third kappa shape index (κ3) is 5.61. The van der Waals surface area contributed by atoms with Gasteiger partial charge in [-0.15, -0.1) is 0 Å². The van der Waals surface area contributed by atoms with E-state index in [-0.39, 0.29) is 30.5 Å². The van der Waals surface area contributed by atoms with Gasteiger partial charge in [0.1, 0.15) is 6.04 Å². The Labute approximate surface area is 125 Å². The normalized spacial score (nSPS) is 27.8.